The Labute approximate surface area is 151 Å². The minimum absolute atomic E-state index is 0.174. The van der Waals surface area contributed by atoms with Gasteiger partial charge in [-0.1, -0.05) is 23.7 Å². The Balaban J connectivity index is 1.96. The van der Waals surface area contributed by atoms with Crippen molar-refractivity contribution in [2.75, 3.05) is 5.32 Å². The normalized spacial score (nSPS) is 10.8. The van der Waals surface area contributed by atoms with Crippen molar-refractivity contribution in [2.24, 2.45) is 0 Å². The van der Waals surface area contributed by atoms with E-state index >= 15 is 0 Å². The highest BCUT2D eigenvalue weighted by molar-refractivity contribution is 6.34. The van der Waals surface area contributed by atoms with Crippen LogP contribution < -0.4 is 5.32 Å². The second kappa shape index (κ2) is 6.69. The number of nitrogens with one attached hydrogen (secondary N) is 1. The number of hydrogen-bond donors (Lipinski definition) is 1. The molecule has 0 aliphatic heterocycles. The van der Waals surface area contributed by atoms with E-state index in [0.717, 1.165) is 28.2 Å². The molecule has 0 aliphatic carbocycles. The van der Waals surface area contributed by atoms with Gasteiger partial charge >= 0.3 is 0 Å². The molecule has 2 aromatic heterocycles. The molecule has 6 heteroatoms. The topological polar surface area (TPSA) is 59.8 Å². The average Bonchev–Trinajstić information content (AvgIpc) is 2.90. The summed E-state index contributed by atoms with van der Waals surface area (Å²) in [5.74, 6) is 0.211. The van der Waals surface area contributed by atoms with Crippen LogP contribution in [0, 0.1) is 27.7 Å². The van der Waals surface area contributed by atoms with Gasteiger partial charge in [0.05, 0.1) is 10.7 Å². The molecular weight excluding hydrogens is 336 g/mol. The Bertz CT molecular complexity index is 962. The lowest BCUT2D eigenvalue weighted by Gasteiger charge is -2.11. The number of rotatable bonds is 3. The van der Waals surface area contributed by atoms with Crippen LogP contribution in [0.1, 0.15) is 33.0 Å². The van der Waals surface area contributed by atoms with Gasteiger partial charge < -0.3 is 5.32 Å². The van der Waals surface area contributed by atoms with E-state index in [2.05, 4.69) is 15.4 Å². The minimum atomic E-state index is -0.345. The van der Waals surface area contributed by atoms with E-state index in [1.807, 2.05) is 52.0 Å². The summed E-state index contributed by atoms with van der Waals surface area (Å²) >= 11 is 6.21. The van der Waals surface area contributed by atoms with Crippen LogP contribution in [0.2, 0.25) is 5.02 Å². The lowest BCUT2D eigenvalue weighted by molar-refractivity contribution is 0.102. The van der Waals surface area contributed by atoms with Crippen molar-refractivity contribution in [1.82, 2.24) is 14.8 Å². The van der Waals surface area contributed by atoms with Crippen LogP contribution in [0.4, 0.5) is 5.69 Å². The molecule has 0 saturated heterocycles. The molecule has 0 radical (unpaired) electrons. The summed E-state index contributed by atoms with van der Waals surface area (Å²) in [6.07, 6.45) is 0. The summed E-state index contributed by atoms with van der Waals surface area (Å²) < 4.78 is 1.69. The number of anilines is 1. The van der Waals surface area contributed by atoms with Crippen molar-refractivity contribution in [3.8, 4) is 5.82 Å². The summed E-state index contributed by atoms with van der Waals surface area (Å²) in [5, 5.41) is 7.59. The lowest BCUT2D eigenvalue weighted by atomic mass is 10.1. The second-order valence-electron chi connectivity index (χ2n) is 6.11. The van der Waals surface area contributed by atoms with Gasteiger partial charge in [-0.05, 0) is 63.1 Å². The maximum Gasteiger partial charge on any atom is 0.275 e. The third-order valence-electron chi connectivity index (χ3n) is 3.91. The fourth-order valence-corrected chi connectivity index (χ4v) is 2.81. The number of nitrogens with zero attached hydrogens (tertiary/aromatic N) is 3. The van der Waals surface area contributed by atoms with Crippen molar-refractivity contribution in [3.05, 3.63) is 69.6 Å². The van der Waals surface area contributed by atoms with E-state index in [9.17, 15) is 4.79 Å². The van der Waals surface area contributed by atoms with E-state index in [4.69, 9.17) is 11.6 Å². The van der Waals surface area contributed by atoms with Gasteiger partial charge in [-0.3, -0.25) is 4.79 Å². The fraction of sp³-hybridized carbons (Fsp3) is 0.211. The van der Waals surface area contributed by atoms with Gasteiger partial charge in [0.25, 0.3) is 5.91 Å². The zero-order valence-electron chi connectivity index (χ0n) is 14.6. The van der Waals surface area contributed by atoms with Crippen molar-refractivity contribution in [2.45, 2.75) is 27.7 Å². The molecule has 2 heterocycles. The standard InChI is InChI=1S/C19H19ClN4O/c1-11-5-6-12(2)16(9-11)21-19(25)18-15(20)7-8-17(22-18)24-14(4)10-13(3)23-24/h5-10H,1-4H3,(H,21,25). The summed E-state index contributed by atoms with van der Waals surface area (Å²) in [5.41, 5.74) is 4.79. The number of hydrogen-bond acceptors (Lipinski definition) is 3. The van der Waals surface area contributed by atoms with Gasteiger partial charge in [-0.25, -0.2) is 9.67 Å². The number of aryl methyl sites for hydroxylation is 4. The van der Waals surface area contributed by atoms with Crippen LogP contribution in [0.5, 0.6) is 0 Å². The molecule has 0 fully saturated rings. The third kappa shape index (κ3) is 3.56. The van der Waals surface area contributed by atoms with Crippen molar-refractivity contribution in [3.63, 3.8) is 0 Å². The molecule has 0 bridgehead atoms. The molecule has 0 aliphatic rings. The first-order valence-electron chi connectivity index (χ1n) is 7.94. The lowest BCUT2D eigenvalue weighted by Crippen LogP contribution is -2.16. The van der Waals surface area contributed by atoms with Crippen LogP contribution in [-0.4, -0.2) is 20.7 Å². The molecule has 0 unspecified atom stereocenters. The molecular formula is C19H19ClN4O. The van der Waals surface area contributed by atoms with Crippen molar-refractivity contribution < 1.29 is 4.79 Å². The first-order valence-corrected chi connectivity index (χ1v) is 8.32. The monoisotopic (exact) mass is 354 g/mol. The Morgan fingerprint density at radius 2 is 1.84 bits per heavy atom. The summed E-state index contributed by atoms with van der Waals surface area (Å²) in [6, 6.07) is 11.2. The van der Waals surface area contributed by atoms with Crippen LogP contribution in [-0.2, 0) is 0 Å². The van der Waals surface area contributed by atoms with Gasteiger partial charge in [0.15, 0.2) is 5.82 Å². The predicted molar refractivity (Wildman–Crippen MR) is 99.7 cm³/mol. The molecule has 1 amide bonds. The number of carbonyl (C=O) groups is 1. The van der Waals surface area contributed by atoms with E-state index in [-0.39, 0.29) is 11.6 Å². The molecule has 1 aromatic carbocycles. The third-order valence-corrected chi connectivity index (χ3v) is 4.22. The predicted octanol–water partition coefficient (Wildman–Crippen LogP) is 4.41. The average molecular weight is 355 g/mol. The quantitative estimate of drug-likeness (QED) is 0.758. The first-order chi connectivity index (χ1) is 11.8. The maximum atomic E-state index is 12.7. The molecule has 1 N–H and O–H groups in total. The summed E-state index contributed by atoms with van der Waals surface area (Å²) in [6.45, 7) is 7.76. The Hall–Kier alpha value is -2.66. The second-order valence-corrected chi connectivity index (χ2v) is 6.52. The summed E-state index contributed by atoms with van der Waals surface area (Å²) in [4.78, 5) is 17.1. The van der Waals surface area contributed by atoms with E-state index < -0.39 is 0 Å². The fourth-order valence-electron chi connectivity index (χ4n) is 2.62. The number of carbonyl (C=O) groups excluding carboxylic acids is 1. The van der Waals surface area contributed by atoms with Crippen LogP contribution in [0.15, 0.2) is 36.4 Å². The SMILES string of the molecule is Cc1ccc(C)c(NC(=O)c2nc(-n3nc(C)cc3C)ccc2Cl)c1. The Morgan fingerprint density at radius 3 is 2.52 bits per heavy atom. The van der Waals surface area contributed by atoms with E-state index in [1.165, 1.54) is 0 Å². The summed E-state index contributed by atoms with van der Waals surface area (Å²) in [7, 11) is 0. The van der Waals surface area contributed by atoms with Crippen LogP contribution >= 0.6 is 11.6 Å². The number of amides is 1. The Morgan fingerprint density at radius 1 is 1.08 bits per heavy atom. The highest BCUT2D eigenvalue weighted by Gasteiger charge is 2.16. The first kappa shape index (κ1) is 17.2. The Kier molecular flexibility index (Phi) is 4.59. The van der Waals surface area contributed by atoms with Gasteiger partial charge in [-0.15, -0.1) is 0 Å². The number of pyridine rings is 1. The molecule has 0 atom stereocenters. The molecule has 3 aromatic rings. The van der Waals surface area contributed by atoms with E-state index in [1.54, 1.807) is 16.8 Å². The highest BCUT2D eigenvalue weighted by Crippen LogP contribution is 2.21. The van der Waals surface area contributed by atoms with Gasteiger partial charge in [0, 0.05) is 11.4 Å². The highest BCUT2D eigenvalue weighted by atomic mass is 35.5. The molecule has 25 heavy (non-hydrogen) atoms. The van der Waals surface area contributed by atoms with Crippen LogP contribution in [0.3, 0.4) is 0 Å². The number of aromatic nitrogens is 3. The molecule has 5 nitrogen and oxygen atoms in total. The number of benzene rings is 1. The van der Waals surface area contributed by atoms with Crippen LogP contribution in [0.25, 0.3) is 5.82 Å². The zero-order valence-corrected chi connectivity index (χ0v) is 15.3. The minimum Gasteiger partial charge on any atom is -0.320 e. The molecule has 0 spiro atoms. The van der Waals surface area contributed by atoms with Crippen molar-refractivity contribution in [1.29, 1.82) is 0 Å². The smallest absolute Gasteiger partial charge is 0.275 e. The molecule has 128 valence electrons. The van der Waals surface area contributed by atoms with E-state index in [0.29, 0.717) is 10.8 Å². The molecule has 0 saturated carbocycles. The number of halogens is 1. The van der Waals surface area contributed by atoms with Gasteiger partial charge in [0.2, 0.25) is 0 Å². The molecule has 3 rings (SSSR count). The maximum absolute atomic E-state index is 12.7. The van der Waals surface area contributed by atoms with Gasteiger partial charge in [-0.2, -0.15) is 5.10 Å². The zero-order chi connectivity index (χ0) is 18.1. The largest absolute Gasteiger partial charge is 0.320 e. The van der Waals surface area contributed by atoms with Crippen molar-refractivity contribution >= 4 is 23.2 Å². The van der Waals surface area contributed by atoms with Gasteiger partial charge in [0.1, 0.15) is 5.69 Å².